The summed E-state index contributed by atoms with van der Waals surface area (Å²) in [7, 11) is -3.94. The second-order valence-electron chi connectivity index (χ2n) is 6.29. The summed E-state index contributed by atoms with van der Waals surface area (Å²) < 4.78 is 29.2. The Morgan fingerprint density at radius 1 is 1.17 bits per heavy atom. The third-order valence-corrected chi connectivity index (χ3v) is 7.01. The van der Waals surface area contributed by atoms with Crippen LogP contribution < -0.4 is 10.0 Å². The number of nitrogens with zero attached hydrogens (tertiary/aromatic N) is 1. The summed E-state index contributed by atoms with van der Waals surface area (Å²) in [6, 6.07) is 14.4. The molecule has 6 nitrogen and oxygen atoms in total. The van der Waals surface area contributed by atoms with Crippen molar-refractivity contribution in [3.63, 3.8) is 0 Å². The maximum atomic E-state index is 12.8. The fourth-order valence-electron chi connectivity index (χ4n) is 2.83. The van der Waals surface area contributed by atoms with Gasteiger partial charge in [-0.25, -0.2) is 8.42 Å². The number of sulfonamides is 1. The number of nitrogens with one attached hydrogen (secondary N) is 2. The van der Waals surface area contributed by atoms with E-state index in [-0.39, 0.29) is 24.3 Å². The number of nitriles is 1. The second kappa shape index (κ2) is 9.37. The lowest BCUT2D eigenvalue weighted by Gasteiger charge is -2.18. The Kier molecular flexibility index (Phi) is 6.87. The molecule has 9 heteroatoms. The molecule has 3 rings (SSSR count). The Morgan fingerprint density at radius 2 is 1.90 bits per heavy atom. The molecule has 0 radical (unpaired) electrons. The molecule has 1 heterocycles. The molecule has 1 atom stereocenters. The van der Waals surface area contributed by atoms with Crippen molar-refractivity contribution in [2.75, 3.05) is 6.54 Å². The number of hydrogen-bond acceptors (Lipinski definition) is 5. The van der Waals surface area contributed by atoms with Crippen LogP contribution in [0, 0.1) is 11.3 Å². The first-order valence-electron chi connectivity index (χ1n) is 8.78. The van der Waals surface area contributed by atoms with Crippen LogP contribution in [0.15, 0.2) is 58.8 Å². The van der Waals surface area contributed by atoms with Gasteiger partial charge in [-0.2, -0.15) is 9.98 Å². The van der Waals surface area contributed by atoms with Crippen molar-refractivity contribution in [2.45, 2.75) is 23.8 Å². The first kappa shape index (κ1) is 21.3. The number of hydrogen-bond donors (Lipinski definition) is 2. The monoisotopic (exact) mass is 447 g/mol. The Balaban J connectivity index is 1.87. The van der Waals surface area contributed by atoms with E-state index in [4.69, 9.17) is 16.9 Å². The zero-order valence-electron chi connectivity index (χ0n) is 15.3. The van der Waals surface area contributed by atoms with E-state index in [1.807, 2.05) is 35.7 Å². The van der Waals surface area contributed by atoms with Gasteiger partial charge < -0.3 is 5.32 Å². The van der Waals surface area contributed by atoms with Crippen molar-refractivity contribution >= 4 is 49.0 Å². The van der Waals surface area contributed by atoms with Crippen molar-refractivity contribution in [2.24, 2.45) is 0 Å². The highest BCUT2D eigenvalue weighted by Gasteiger charge is 2.26. The molecule has 2 N–H and O–H groups in total. The van der Waals surface area contributed by atoms with E-state index in [2.05, 4.69) is 10.0 Å². The van der Waals surface area contributed by atoms with Gasteiger partial charge in [0.25, 0.3) is 0 Å². The van der Waals surface area contributed by atoms with Crippen LogP contribution in [0.2, 0.25) is 5.02 Å². The largest absolute Gasteiger partial charge is 0.354 e. The van der Waals surface area contributed by atoms with E-state index in [0.717, 1.165) is 15.6 Å². The van der Waals surface area contributed by atoms with Gasteiger partial charge in [-0.05, 0) is 53.1 Å². The van der Waals surface area contributed by atoms with Crippen molar-refractivity contribution in [3.05, 3.63) is 64.5 Å². The van der Waals surface area contributed by atoms with Gasteiger partial charge in [-0.1, -0.05) is 29.8 Å². The number of carbonyl (C=O) groups is 1. The summed E-state index contributed by atoms with van der Waals surface area (Å²) in [6.45, 7) is 0.152. The highest BCUT2D eigenvalue weighted by Crippen LogP contribution is 2.27. The van der Waals surface area contributed by atoms with Gasteiger partial charge in [0, 0.05) is 16.3 Å². The lowest BCUT2D eigenvalue weighted by atomic mass is 10.1. The summed E-state index contributed by atoms with van der Waals surface area (Å²) in [4.78, 5) is 12.7. The fourth-order valence-corrected chi connectivity index (χ4v) is 5.13. The summed E-state index contributed by atoms with van der Waals surface area (Å²) in [5.74, 6) is -0.479. The van der Waals surface area contributed by atoms with E-state index < -0.39 is 22.0 Å². The van der Waals surface area contributed by atoms with E-state index in [9.17, 15) is 13.2 Å². The topological polar surface area (TPSA) is 99.1 Å². The molecule has 0 aliphatic rings. The van der Waals surface area contributed by atoms with E-state index in [0.29, 0.717) is 5.02 Å². The van der Waals surface area contributed by atoms with Gasteiger partial charge in [0.05, 0.1) is 17.4 Å². The normalized spacial score (nSPS) is 12.4. The molecule has 0 saturated carbocycles. The number of fused-ring (bicyclic) bond motifs is 1. The predicted molar refractivity (Wildman–Crippen MR) is 114 cm³/mol. The molecule has 3 aromatic rings. The Bertz CT molecular complexity index is 1150. The van der Waals surface area contributed by atoms with Crippen molar-refractivity contribution in [1.82, 2.24) is 10.0 Å². The fraction of sp³-hybridized carbons (Fsp3) is 0.200. The van der Waals surface area contributed by atoms with Crippen LogP contribution in [0.5, 0.6) is 0 Å². The van der Waals surface area contributed by atoms with Crippen LogP contribution in [-0.4, -0.2) is 26.9 Å². The van der Waals surface area contributed by atoms with Crippen LogP contribution in [0.25, 0.3) is 10.1 Å². The molecule has 0 bridgehead atoms. The van der Waals surface area contributed by atoms with Crippen molar-refractivity contribution < 1.29 is 13.2 Å². The molecular formula is C20H18ClN3O3S2. The molecule has 1 aromatic heterocycles. The average molecular weight is 448 g/mol. The molecule has 1 unspecified atom stereocenters. The minimum absolute atomic E-state index is 0.0203. The van der Waals surface area contributed by atoms with Crippen LogP contribution in [-0.2, 0) is 21.2 Å². The van der Waals surface area contributed by atoms with Gasteiger partial charge in [0.1, 0.15) is 6.04 Å². The SMILES string of the molecule is N#CCCNC(=O)C(Cc1csc2ccccc12)NS(=O)(=O)c1ccc(Cl)cc1. The first-order valence-corrected chi connectivity index (χ1v) is 11.5. The molecule has 0 aliphatic carbocycles. The minimum Gasteiger partial charge on any atom is -0.354 e. The summed E-state index contributed by atoms with van der Waals surface area (Å²) >= 11 is 7.37. The first-order chi connectivity index (χ1) is 13.9. The lowest BCUT2D eigenvalue weighted by Crippen LogP contribution is -2.48. The maximum absolute atomic E-state index is 12.8. The van der Waals surface area contributed by atoms with Crippen LogP contribution in [0.1, 0.15) is 12.0 Å². The Hall–Kier alpha value is -2.44. The number of amides is 1. The number of carbonyl (C=O) groups excluding carboxylic acids is 1. The second-order valence-corrected chi connectivity index (χ2v) is 9.35. The lowest BCUT2D eigenvalue weighted by molar-refractivity contribution is -0.122. The quantitative estimate of drug-likeness (QED) is 0.516. The van der Waals surface area contributed by atoms with E-state index >= 15 is 0 Å². The number of halogens is 1. The van der Waals surface area contributed by atoms with Gasteiger partial charge >= 0.3 is 0 Å². The molecule has 2 aromatic carbocycles. The zero-order chi connectivity index (χ0) is 20.9. The molecular weight excluding hydrogens is 430 g/mol. The highest BCUT2D eigenvalue weighted by molar-refractivity contribution is 7.89. The Labute approximate surface area is 178 Å². The molecule has 0 saturated heterocycles. The molecule has 0 fully saturated rings. The summed E-state index contributed by atoms with van der Waals surface area (Å²) in [5, 5.41) is 14.6. The average Bonchev–Trinajstić information content (AvgIpc) is 3.11. The molecule has 150 valence electrons. The minimum atomic E-state index is -3.94. The van der Waals surface area contributed by atoms with Crippen molar-refractivity contribution in [1.29, 1.82) is 5.26 Å². The molecule has 0 spiro atoms. The van der Waals surface area contributed by atoms with Crippen molar-refractivity contribution in [3.8, 4) is 6.07 Å². The van der Waals surface area contributed by atoms with Gasteiger partial charge in [-0.3, -0.25) is 4.79 Å². The smallest absolute Gasteiger partial charge is 0.241 e. The maximum Gasteiger partial charge on any atom is 0.241 e. The third-order valence-electron chi connectivity index (χ3n) is 4.26. The van der Waals surface area contributed by atoms with Gasteiger partial charge in [-0.15, -0.1) is 11.3 Å². The van der Waals surface area contributed by atoms with Crippen LogP contribution >= 0.6 is 22.9 Å². The molecule has 29 heavy (non-hydrogen) atoms. The number of thiophene rings is 1. The molecule has 0 aliphatic heterocycles. The third kappa shape index (κ3) is 5.34. The van der Waals surface area contributed by atoms with Crippen LogP contribution in [0.3, 0.4) is 0 Å². The van der Waals surface area contributed by atoms with Gasteiger partial charge in [0.15, 0.2) is 0 Å². The standard InChI is InChI=1S/C20H18ClN3O3S2/c21-15-6-8-16(9-7-15)29(26,27)24-18(20(25)23-11-3-10-22)12-14-13-28-19-5-2-1-4-17(14)19/h1-2,4-9,13,18,24H,3,11-12H2,(H,23,25). The highest BCUT2D eigenvalue weighted by atomic mass is 35.5. The van der Waals surface area contributed by atoms with Crippen LogP contribution in [0.4, 0.5) is 0 Å². The predicted octanol–water partition coefficient (Wildman–Crippen LogP) is 3.47. The Morgan fingerprint density at radius 3 is 2.62 bits per heavy atom. The summed E-state index contributed by atoms with van der Waals surface area (Å²) in [6.07, 6.45) is 0.332. The van der Waals surface area contributed by atoms with Gasteiger partial charge in [0.2, 0.25) is 15.9 Å². The number of rotatable bonds is 8. The van der Waals surface area contributed by atoms with E-state index in [1.54, 1.807) is 0 Å². The summed E-state index contributed by atoms with van der Waals surface area (Å²) in [5.41, 5.74) is 0.879. The number of benzene rings is 2. The molecule has 1 amide bonds. The zero-order valence-corrected chi connectivity index (χ0v) is 17.7. The van der Waals surface area contributed by atoms with E-state index in [1.165, 1.54) is 35.6 Å².